The lowest BCUT2D eigenvalue weighted by Crippen LogP contribution is -2.14. The Morgan fingerprint density at radius 1 is 1.27 bits per heavy atom. The summed E-state index contributed by atoms with van der Waals surface area (Å²) in [6, 6.07) is 5.57. The third kappa shape index (κ3) is 3.40. The van der Waals surface area contributed by atoms with Crippen LogP contribution < -0.4 is 5.73 Å². The molecule has 0 saturated heterocycles. The van der Waals surface area contributed by atoms with Crippen molar-refractivity contribution in [2.24, 2.45) is 10.7 Å². The number of aliphatic imine (C=N–C) groups is 1. The van der Waals surface area contributed by atoms with Crippen molar-refractivity contribution in [1.82, 2.24) is 0 Å². The molecule has 0 bridgehead atoms. The summed E-state index contributed by atoms with van der Waals surface area (Å²) in [6.07, 6.45) is 0. The summed E-state index contributed by atoms with van der Waals surface area (Å²) in [5.74, 6) is -1.73. The zero-order valence-corrected chi connectivity index (χ0v) is 13.0. The van der Waals surface area contributed by atoms with Crippen molar-refractivity contribution in [3.8, 4) is 0 Å². The van der Waals surface area contributed by atoms with Gasteiger partial charge in [-0.3, -0.25) is 10.1 Å². The van der Waals surface area contributed by atoms with Crippen molar-refractivity contribution >= 4 is 44.7 Å². The second-order valence-electron chi connectivity index (χ2n) is 4.14. The van der Waals surface area contributed by atoms with E-state index >= 15 is 0 Å². The topological polar surface area (TPSA) is 81.5 Å². The van der Waals surface area contributed by atoms with Crippen molar-refractivity contribution in [3.63, 3.8) is 0 Å². The van der Waals surface area contributed by atoms with Crippen LogP contribution in [0.3, 0.4) is 0 Å². The highest BCUT2D eigenvalue weighted by Gasteiger charge is 2.19. The lowest BCUT2D eigenvalue weighted by atomic mass is 10.1. The number of nitro benzene ring substituents is 1. The minimum atomic E-state index is -1.00. The quantitative estimate of drug-likeness (QED) is 0.367. The zero-order chi connectivity index (χ0) is 16.4. The Bertz CT molecular complexity index is 799. The highest BCUT2D eigenvalue weighted by Crippen LogP contribution is 2.27. The molecule has 0 heterocycles. The van der Waals surface area contributed by atoms with E-state index in [1.54, 1.807) is 0 Å². The van der Waals surface area contributed by atoms with Crippen LogP contribution in [0.5, 0.6) is 0 Å². The number of nitrogens with zero attached hydrogens (tertiary/aromatic N) is 2. The fourth-order valence-corrected chi connectivity index (χ4v) is 2.32. The summed E-state index contributed by atoms with van der Waals surface area (Å²) in [6.45, 7) is 0. The molecule has 2 rings (SSSR count). The molecule has 2 aromatic rings. The standard InChI is InChI=1S/C13H7BrClF2N3O2/c14-8-5-11(17)12(20(21)22)4-7(8)13(18)19-6-1-2-10(16)9(15)3-6/h1-5H,(H2,18,19). The molecular formula is C13H7BrClF2N3O2. The molecular weight excluding hydrogens is 384 g/mol. The molecule has 0 spiro atoms. The highest BCUT2D eigenvalue weighted by atomic mass is 79.9. The summed E-state index contributed by atoms with van der Waals surface area (Å²) in [5.41, 5.74) is 5.43. The van der Waals surface area contributed by atoms with Crippen LogP contribution in [0.25, 0.3) is 0 Å². The summed E-state index contributed by atoms with van der Waals surface area (Å²) >= 11 is 8.69. The van der Waals surface area contributed by atoms with Gasteiger partial charge in [0.05, 0.1) is 15.6 Å². The Morgan fingerprint density at radius 3 is 2.55 bits per heavy atom. The molecule has 0 aromatic heterocycles. The van der Waals surface area contributed by atoms with E-state index in [1.165, 1.54) is 12.1 Å². The summed E-state index contributed by atoms with van der Waals surface area (Å²) in [7, 11) is 0. The van der Waals surface area contributed by atoms with Crippen molar-refractivity contribution < 1.29 is 13.7 Å². The predicted octanol–water partition coefficient (Wildman–Crippen LogP) is 4.33. The highest BCUT2D eigenvalue weighted by molar-refractivity contribution is 9.10. The molecule has 0 radical (unpaired) electrons. The van der Waals surface area contributed by atoms with E-state index in [-0.39, 0.29) is 26.6 Å². The van der Waals surface area contributed by atoms with Gasteiger partial charge in [0, 0.05) is 16.1 Å². The number of nitro groups is 1. The molecule has 0 fully saturated rings. The van der Waals surface area contributed by atoms with Crippen molar-refractivity contribution in [3.05, 3.63) is 67.1 Å². The minimum Gasteiger partial charge on any atom is -0.383 e. The van der Waals surface area contributed by atoms with Crippen molar-refractivity contribution in [2.75, 3.05) is 0 Å². The van der Waals surface area contributed by atoms with Gasteiger partial charge in [-0.25, -0.2) is 9.38 Å². The molecule has 0 amide bonds. The maximum Gasteiger partial charge on any atom is 0.305 e. The molecule has 9 heteroatoms. The third-order valence-electron chi connectivity index (χ3n) is 2.66. The number of hydrogen-bond donors (Lipinski definition) is 1. The fraction of sp³-hybridized carbons (Fsp3) is 0. The first-order valence-corrected chi connectivity index (χ1v) is 6.89. The van der Waals surface area contributed by atoms with Crippen LogP contribution in [0.1, 0.15) is 5.56 Å². The second-order valence-corrected chi connectivity index (χ2v) is 5.40. The van der Waals surface area contributed by atoms with Gasteiger partial charge >= 0.3 is 5.69 Å². The third-order valence-corrected chi connectivity index (χ3v) is 3.61. The van der Waals surface area contributed by atoms with E-state index in [9.17, 15) is 18.9 Å². The van der Waals surface area contributed by atoms with Crippen LogP contribution >= 0.6 is 27.5 Å². The first kappa shape index (κ1) is 16.3. The molecule has 2 aromatic carbocycles. The van der Waals surface area contributed by atoms with Gasteiger partial charge in [0.1, 0.15) is 11.7 Å². The van der Waals surface area contributed by atoms with Crippen LogP contribution in [0.15, 0.2) is 39.8 Å². The smallest absolute Gasteiger partial charge is 0.305 e. The van der Waals surface area contributed by atoms with Crippen LogP contribution in [-0.2, 0) is 0 Å². The minimum absolute atomic E-state index is 0.113. The second kappa shape index (κ2) is 6.37. The molecule has 0 atom stereocenters. The maximum absolute atomic E-state index is 13.5. The predicted molar refractivity (Wildman–Crippen MR) is 82.5 cm³/mol. The number of halogens is 4. The van der Waals surface area contributed by atoms with Gasteiger partial charge in [-0.15, -0.1) is 0 Å². The first-order valence-electron chi connectivity index (χ1n) is 5.72. The Balaban J connectivity index is 2.50. The van der Waals surface area contributed by atoms with Gasteiger partial charge in [-0.2, -0.15) is 4.39 Å². The molecule has 0 aliphatic heterocycles. The van der Waals surface area contributed by atoms with E-state index in [4.69, 9.17) is 17.3 Å². The zero-order valence-electron chi connectivity index (χ0n) is 10.7. The number of benzene rings is 2. The Morgan fingerprint density at radius 2 is 1.95 bits per heavy atom. The normalized spacial score (nSPS) is 11.5. The van der Waals surface area contributed by atoms with Gasteiger partial charge in [0.15, 0.2) is 0 Å². The van der Waals surface area contributed by atoms with E-state index in [0.717, 1.165) is 18.2 Å². The van der Waals surface area contributed by atoms with Gasteiger partial charge in [0.25, 0.3) is 0 Å². The number of nitrogens with two attached hydrogens (primary N) is 1. The Hall–Kier alpha value is -2.06. The molecule has 22 heavy (non-hydrogen) atoms. The molecule has 114 valence electrons. The average Bonchev–Trinajstić information content (AvgIpc) is 2.42. The van der Waals surface area contributed by atoms with Crippen molar-refractivity contribution in [2.45, 2.75) is 0 Å². The van der Waals surface area contributed by atoms with Gasteiger partial charge < -0.3 is 5.73 Å². The fourth-order valence-electron chi connectivity index (χ4n) is 1.63. The molecule has 0 unspecified atom stereocenters. The summed E-state index contributed by atoms with van der Waals surface area (Å²) in [5, 5.41) is 10.6. The van der Waals surface area contributed by atoms with E-state index in [2.05, 4.69) is 20.9 Å². The summed E-state index contributed by atoms with van der Waals surface area (Å²) in [4.78, 5) is 13.9. The van der Waals surface area contributed by atoms with E-state index in [1.807, 2.05) is 0 Å². The molecule has 0 aliphatic rings. The SMILES string of the molecule is NC(=Nc1ccc(F)c(Cl)c1)c1cc([N+](=O)[O-])c(F)cc1Br. The Labute approximate surface area is 136 Å². The Kier molecular flexibility index (Phi) is 4.72. The molecule has 5 nitrogen and oxygen atoms in total. The number of rotatable bonds is 3. The van der Waals surface area contributed by atoms with Crippen LogP contribution in [0, 0.1) is 21.7 Å². The molecule has 0 aliphatic carbocycles. The van der Waals surface area contributed by atoms with Crippen LogP contribution in [-0.4, -0.2) is 10.8 Å². The lowest BCUT2D eigenvalue weighted by Gasteiger charge is -2.05. The van der Waals surface area contributed by atoms with Gasteiger partial charge in [-0.05, 0) is 40.2 Å². The maximum atomic E-state index is 13.5. The first-order chi connectivity index (χ1) is 10.3. The molecule has 2 N–H and O–H groups in total. The molecule has 0 saturated carbocycles. The van der Waals surface area contributed by atoms with Crippen LogP contribution in [0.4, 0.5) is 20.2 Å². The monoisotopic (exact) mass is 389 g/mol. The largest absolute Gasteiger partial charge is 0.383 e. The number of amidine groups is 1. The van der Waals surface area contributed by atoms with E-state index < -0.39 is 22.2 Å². The average molecular weight is 391 g/mol. The number of hydrogen-bond acceptors (Lipinski definition) is 3. The summed E-state index contributed by atoms with van der Waals surface area (Å²) < 4.78 is 26.7. The van der Waals surface area contributed by atoms with Crippen molar-refractivity contribution in [1.29, 1.82) is 0 Å². The van der Waals surface area contributed by atoms with Gasteiger partial charge in [-0.1, -0.05) is 11.6 Å². The lowest BCUT2D eigenvalue weighted by molar-refractivity contribution is -0.387. The van der Waals surface area contributed by atoms with Crippen LogP contribution in [0.2, 0.25) is 5.02 Å². The van der Waals surface area contributed by atoms with Gasteiger partial charge in [0.2, 0.25) is 5.82 Å². The van der Waals surface area contributed by atoms with E-state index in [0.29, 0.717) is 0 Å².